The van der Waals surface area contributed by atoms with Crippen LogP contribution >= 0.6 is 23.2 Å². The monoisotopic (exact) mass is 495 g/mol. The highest BCUT2D eigenvalue weighted by Gasteiger charge is 2.32. The van der Waals surface area contributed by atoms with E-state index in [0.29, 0.717) is 41.8 Å². The molecule has 3 aromatic rings. The molecule has 0 bridgehead atoms. The number of halogens is 2. The quantitative estimate of drug-likeness (QED) is 0.435. The first-order valence-corrected chi connectivity index (χ1v) is 12.1. The largest absolute Gasteiger partial charge is 0.338 e. The van der Waals surface area contributed by atoms with E-state index < -0.39 is 0 Å². The Balaban J connectivity index is 1.52. The molecule has 5 nitrogen and oxygen atoms in total. The molecular weight excluding hydrogens is 469 g/mol. The topological polar surface area (TPSA) is 53.5 Å². The third-order valence-corrected chi connectivity index (χ3v) is 6.84. The van der Waals surface area contributed by atoms with Gasteiger partial charge in [0.15, 0.2) is 0 Å². The molecule has 1 aromatic heterocycles. The molecule has 1 fully saturated rings. The van der Waals surface area contributed by atoms with Crippen LogP contribution in [0.5, 0.6) is 0 Å². The summed E-state index contributed by atoms with van der Waals surface area (Å²) in [6.45, 7) is 3.82. The molecule has 4 rings (SSSR count). The minimum atomic E-state index is -0.269. The van der Waals surface area contributed by atoms with Crippen LogP contribution in [-0.4, -0.2) is 39.7 Å². The lowest BCUT2D eigenvalue weighted by atomic mass is 9.95. The van der Waals surface area contributed by atoms with Crippen LogP contribution in [0.3, 0.4) is 0 Å². The zero-order valence-corrected chi connectivity index (χ0v) is 20.6. The molecule has 1 saturated heterocycles. The van der Waals surface area contributed by atoms with Crippen LogP contribution < -0.4 is 0 Å². The number of hydrogen-bond donors (Lipinski definition) is 0. The summed E-state index contributed by atoms with van der Waals surface area (Å²) in [5, 5.41) is 0.933. The van der Waals surface area contributed by atoms with Gasteiger partial charge in [-0.15, -0.1) is 0 Å². The van der Waals surface area contributed by atoms with E-state index >= 15 is 0 Å². The van der Waals surface area contributed by atoms with Crippen LogP contribution in [0.2, 0.25) is 10.0 Å². The Labute approximate surface area is 210 Å². The van der Waals surface area contributed by atoms with E-state index in [2.05, 4.69) is 4.98 Å². The summed E-state index contributed by atoms with van der Waals surface area (Å²) in [5.41, 5.74) is 3.46. The van der Waals surface area contributed by atoms with Crippen LogP contribution in [-0.2, 0) is 17.9 Å². The Morgan fingerprint density at radius 2 is 1.82 bits per heavy atom. The number of piperidine rings is 1. The van der Waals surface area contributed by atoms with Crippen molar-refractivity contribution >= 4 is 35.0 Å². The highest BCUT2D eigenvalue weighted by Crippen LogP contribution is 2.26. The molecule has 34 heavy (non-hydrogen) atoms. The Morgan fingerprint density at radius 3 is 2.53 bits per heavy atom. The van der Waals surface area contributed by atoms with Gasteiger partial charge in [-0.05, 0) is 61.7 Å². The Hall–Kier alpha value is -2.89. The van der Waals surface area contributed by atoms with Gasteiger partial charge in [-0.25, -0.2) is 0 Å². The zero-order chi connectivity index (χ0) is 24.1. The molecule has 2 heterocycles. The molecule has 2 aromatic carbocycles. The zero-order valence-electron chi connectivity index (χ0n) is 19.1. The van der Waals surface area contributed by atoms with Gasteiger partial charge in [0.1, 0.15) is 0 Å². The first-order chi connectivity index (χ1) is 16.4. The Morgan fingerprint density at radius 1 is 1.03 bits per heavy atom. The molecule has 1 aliphatic rings. The standard InChI is InChI=1S/C27H27Cl2N3O2/c1-19-7-10-21(11-8-19)26(33)31-14-4-5-22(17-31)27(34)32(18-23-6-2-3-13-30-23)16-20-9-12-24(28)25(29)15-20/h2-3,6-13,15,22H,4-5,14,16-18H2,1H3. The number of aromatic nitrogens is 1. The van der Waals surface area contributed by atoms with Crippen LogP contribution in [0.15, 0.2) is 66.9 Å². The summed E-state index contributed by atoms with van der Waals surface area (Å²) >= 11 is 12.3. The van der Waals surface area contributed by atoms with Gasteiger partial charge < -0.3 is 9.80 Å². The highest BCUT2D eigenvalue weighted by molar-refractivity contribution is 6.42. The summed E-state index contributed by atoms with van der Waals surface area (Å²) in [4.78, 5) is 34.8. The molecule has 0 radical (unpaired) electrons. The summed E-state index contributed by atoms with van der Waals surface area (Å²) in [5.74, 6) is -0.286. The van der Waals surface area contributed by atoms with E-state index in [4.69, 9.17) is 23.2 Å². The molecule has 1 atom stereocenters. The maximum absolute atomic E-state index is 13.7. The van der Waals surface area contributed by atoms with E-state index in [-0.39, 0.29) is 17.7 Å². The van der Waals surface area contributed by atoms with Gasteiger partial charge in [0.05, 0.1) is 28.2 Å². The van der Waals surface area contributed by atoms with Gasteiger partial charge in [0.2, 0.25) is 5.91 Å². The maximum Gasteiger partial charge on any atom is 0.253 e. The third-order valence-electron chi connectivity index (χ3n) is 6.10. The van der Waals surface area contributed by atoms with Gasteiger partial charge in [0.25, 0.3) is 5.91 Å². The lowest BCUT2D eigenvalue weighted by Crippen LogP contribution is -2.46. The molecule has 0 N–H and O–H groups in total. The van der Waals surface area contributed by atoms with Gasteiger partial charge in [-0.1, -0.05) is 53.0 Å². The Bertz CT molecular complexity index is 1150. The van der Waals surface area contributed by atoms with Crippen molar-refractivity contribution in [1.82, 2.24) is 14.8 Å². The lowest BCUT2D eigenvalue weighted by molar-refractivity contribution is -0.138. The summed E-state index contributed by atoms with van der Waals surface area (Å²) in [6, 6.07) is 18.6. The van der Waals surface area contributed by atoms with Crippen molar-refractivity contribution in [2.45, 2.75) is 32.9 Å². The van der Waals surface area contributed by atoms with E-state index in [1.54, 1.807) is 28.1 Å². The summed E-state index contributed by atoms with van der Waals surface area (Å²) in [7, 11) is 0. The molecule has 2 amide bonds. The second-order valence-corrected chi connectivity index (χ2v) is 9.53. The normalized spacial score (nSPS) is 15.7. The molecule has 1 unspecified atom stereocenters. The number of pyridine rings is 1. The fourth-order valence-corrected chi connectivity index (χ4v) is 4.58. The average Bonchev–Trinajstić information content (AvgIpc) is 2.86. The minimum Gasteiger partial charge on any atom is -0.338 e. The average molecular weight is 496 g/mol. The molecular formula is C27H27Cl2N3O2. The highest BCUT2D eigenvalue weighted by atomic mass is 35.5. The second-order valence-electron chi connectivity index (χ2n) is 8.72. The van der Waals surface area contributed by atoms with E-state index in [1.807, 2.05) is 55.5 Å². The molecule has 7 heteroatoms. The first-order valence-electron chi connectivity index (χ1n) is 11.4. The Kier molecular flexibility index (Phi) is 7.86. The minimum absolute atomic E-state index is 0.0122. The number of benzene rings is 2. The summed E-state index contributed by atoms with van der Waals surface area (Å²) < 4.78 is 0. The molecule has 0 aliphatic carbocycles. The van der Waals surface area contributed by atoms with Crippen LogP contribution in [0.4, 0.5) is 0 Å². The number of aryl methyl sites for hydroxylation is 1. The van der Waals surface area contributed by atoms with Gasteiger partial charge in [0, 0.05) is 31.4 Å². The molecule has 176 valence electrons. The van der Waals surface area contributed by atoms with Crippen molar-refractivity contribution in [2.24, 2.45) is 5.92 Å². The van der Waals surface area contributed by atoms with Crippen molar-refractivity contribution in [3.05, 3.63) is 99.3 Å². The number of hydrogen-bond acceptors (Lipinski definition) is 3. The van der Waals surface area contributed by atoms with E-state index in [9.17, 15) is 9.59 Å². The maximum atomic E-state index is 13.7. The number of carbonyl (C=O) groups is 2. The number of carbonyl (C=O) groups excluding carboxylic acids is 2. The SMILES string of the molecule is Cc1ccc(C(=O)N2CCCC(C(=O)N(Cc3ccc(Cl)c(Cl)c3)Cc3ccccn3)C2)cc1. The predicted octanol–water partition coefficient (Wildman–Crippen LogP) is 5.78. The second kappa shape index (κ2) is 11.0. The predicted molar refractivity (Wildman–Crippen MR) is 135 cm³/mol. The van der Waals surface area contributed by atoms with E-state index in [1.165, 1.54) is 0 Å². The first kappa shape index (κ1) is 24.2. The lowest BCUT2D eigenvalue weighted by Gasteiger charge is -2.35. The smallest absolute Gasteiger partial charge is 0.253 e. The summed E-state index contributed by atoms with van der Waals surface area (Å²) in [6.07, 6.45) is 3.26. The van der Waals surface area contributed by atoms with Crippen LogP contribution in [0.1, 0.15) is 40.0 Å². The molecule has 1 aliphatic heterocycles. The molecule has 0 spiro atoms. The van der Waals surface area contributed by atoms with Crippen LogP contribution in [0, 0.1) is 12.8 Å². The number of likely N-dealkylation sites (tertiary alicyclic amines) is 1. The fourth-order valence-electron chi connectivity index (χ4n) is 4.26. The number of rotatable bonds is 6. The van der Waals surface area contributed by atoms with Crippen molar-refractivity contribution in [3.63, 3.8) is 0 Å². The van der Waals surface area contributed by atoms with Gasteiger partial charge >= 0.3 is 0 Å². The fraction of sp³-hybridized carbons (Fsp3) is 0.296. The third kappa shape index (κ3) is 5.96. The van der Waals surface area contributed by atoms with Crippen molar-refractivity contribution in [3.8, 4) is 0 Å². The van der Waals surface area contributed by atoms with Crippen molar-refractivity contribution < 1.29 is 9.59 Å². The van der Waals surface area contributed by atoms with Crippen molar-refractivity contribution in [1.29, 1.82) is 0 Å². The van der Waals surface area contributed by atoms with Gasteiger partial charge in [-0.2, -0.15) is 0 Å². The van der Waals surface area contributed by atoms with Crippen molar-refractivity contribution in [2.75, 3.05) is 13.1 Å². The van der Waals surface area contributed by atoms with Crippen LogP contribution in [0.25, 0.3) is 0 Å². The number of amides is 2. The number of nitrogens with zero attached hydrogens (tertiary/aromatic N) is 3. The van der Waals surface area contributed by atoms with Gasteiger partial charge in [-0.3, -0.25) is 14.6 Å². The molecule has 0 saturated carbocycles. The van der Waals surface area contributed by atoms with E-state index in [0.717, 1.165) is 29.7 Å².